The molecule has 190 valence electrons. The number of benzene rings is 3. The molecule has 3 atom stereocenters. The minimum atomic E-state index is -0.437. The van der Waals surface area contributed by atoms with Crippen LogP contribution in [0.2, 0.25) is 0 Å². The van der Waals surface area contributed by atoms with E-state index in [-0.39, 0.29) is 36.7 Å². The molecular formula is C30H34FNO4. The largest absolute Gasteiger partial charge is 0.392 e. The maximum atomic E-state index is 14.8. The van der Waals surface area contributed by atoms with Crippen LogP contribution in [0.5, 0.6) is 0 Å². The van der Waals surface area contributed by atoms with Gasteiger partial charge in [-0.3, -0.25) is 9.69 Å². The second-order valence-electron chi connectivity index (χ2n) is 9.52. The number of likely N-dealkylation sites (tertiary alicyclic amines) is 1. The van der Waals surface area contributed by atoms with Gasteiger partial charge in [0.2, 0.25) is 0 Å². The molecule has 1 saturated heterocycles. The lowest BCUT2D eigenvalue weighted by Gasteiger charge is -2.45. The van der Waals surface area contributed by atoms with Crippen LogP contribution in [0, 0.1) is 18.7 Å². The third-order valence-corrected chi connectivity index (χ3v) is 7.44. The van der Waals surface area contributed by atoms with Crippen molar-refractivity contribution >= 4 is 5.78 Å². The smallest absolute Gasteiger partial charge is 0.167 e. The van der Waals surface area contributed by atoms with Crippen molar-refractivity contribution in [1.29, 1.82) is 0 Å². The summed E-state index contributed by atoms with van der Waals surface area (Å²) in [5.41, 5.74) is 4.47. The van der Waals surface area contributed by atoms with Gasteiger partial charge in [-0.1, -0.05) is 60.7 Å². The lowest BCUT2D eigenvalue weighted by Crippen LogP contribution is -2.48. The maximum absolute atomic E-state index is 14.8. The fraction of sp³-hybridized carbons (Fsp3) is 0.367. The highest BCUT2D eigenvalue weighted by atomic mass is 19.1. The van der Waals surface area contributed by atoms with Gasteiger partial charge in [0.25, 0.3) is 0 Å². The minimum Gasteiger partial charge on any atom is -0.392 e. The predicted octanol–water partition coefficient (Wildman–Crippen LogP) is 4.45. The summed E-state index contributed by atoms with van der Waals surface area (Å²) >= 11 is 0. The van der Waals surface area contributed by atoms with Crippen LogP contribution in [-0.4, -0.2) is 54.2 Å². The van der Waals surface area contributed by atoms with E-state index in [1.54, 1.807) is 44.4 Å². The minimum absolute atomic E-state index is 0.0123. The highest BCUT2D eigenvalue weighted by molar-refractivity contribution is 5.99. The number of ether oxygens (including phenoxy) is 1. The van der Waals surface area contributed by atoms with Crippen LogP contribution in [0.1, 0.15) is 50.0 Å². The summed E-state index contributed by atoms with van der Waals surface area (Å²) in [6, 6.07) is 19.9. The highest BCUT2D eigenvalue weighted by Crippen LogP contribution is 2.46. The number of ketones is 1. The van der Waals surface area contributed by atoms with E-state index < -0.39 is 5.92 Å². The van der Waals surface area contributed by atoms with Gasteiger partial charge in [0, 0.05) is 50.1 Å². The zero-order valence-corrected chi connectivity index (χ0v) is 20.9. The first-order chi connectivity index (χ1) is 17.5. The van der Waals surface area contributed by atoms with Gasteiger partial charge >= 0.3 is 0 Å². The second kappa shape index (κ2) is 11.9. The number of carbonyl (C=O) groups excluding carboxylic acids is 1. The first-order valence-electron chi connectivity index (χ1n) is 12.4. The van der Waals surface area contributed by atoms with Crippen LogP contribution in [0.3, 0.4) is 0 Å². The predicted molar refractivity (Wildman–Crippen MR) is 137 cm³/mol. The zero-order chi connectivity index (χ0) is 25.7. The van der Waals surface area contributed by atoms with Gasteiger partial charge in [-0.15, -0.1) is 0 Å². The Morgan fingerprint density at radius 3 is 2.39 bits per heavy atom. The fourth-order valence-corrected chi connectivity index (χ4v) is 5.53. The third-order valence-electron chi connectivity index (χ3n) is 7.44. The maximum Gasteiger partial charge on any atom is 0.167 e. The molecule has 6 heteroatoms. The van der Waals surface area contributed by atoms with Crippen molar-refractivity contribution in [1.82, 2.24) is 4.90 Å². The van der Waals surface area contributed by atoms with Crippen molar-refractivity contribution < 1.29 is 24.1 Å². The van der Waals surface area contributed by atoms with Crippen LogP contribution in [0.4, 0.5) is 4.39 Å². The third kappa shape index (κ3) is 5.42. The molecule has 0 saturated carbocycles. The van der Waals surface area contributed by atoms with Crippen molar-refractivity contribution in [2.45, 2.75) is 32.0 Å². The van der Waals surface area contributed by atoms with Crippen LogP contribution < -0.4 is 0 Å². The van der Waals surface area contributed by atoms with Crippen LogP contribution in [0.25, 0.3) is 0 Å². The lowest BCUT2D eigenvalue weighted by molar-refractivity contribution is 0.0662. The van der Waals surface area contributed by atoms with E-state index >= 15 is 0 Å². The van der Waals surface area contributed by atoms with Gasteiger partial charge in [0.1, 0.15) is 5.82 Å². The van der Waals surface area contributed by atoms with E-state index in [0.29, 0.717) is 37.4 Å². The van der Waals surface area contributed by atoms with E-state index in [1.165, 1.54) is 6.07 Å². The Bertz CT molecular complexity index is 1180. The number of rotatable bonds is 9. The molecule has 0 amide bonds. The number of hydrogen-bond donors (Lipinski definition) is 2. The van der Waals surface area contributed by atoms with Crippen molar-refractivity contribution in [3.8, 4) is 0 Å². The molecule has 1 heterocycles. The number of aliphatic hydroxyl groups is 2. The van der Waals surface area contributed by atoms with E-state index in [0.717, 1.165) is 22.3 Å². The van der Waals surface area contributed by atoms with Gasteiger partial charge in [0.05, 0.1) is 19.8 Å². The molecular weight excluding hydrogens is 457 g/mol. The topological polar surface area (TPSA) is 70.0 Å². The van der Waals surface area contributed by atoms with Crippen molar-refractivity contribution in [3.63, 3.8) is 0 Å². The number of nitrogens with zero attached hydrogens (tertiary/aromatic N) is 1. The second-order valence-corrected chi connectivity index (χ2v) is 9.52. The monoisotopic (exact) mass is 491 g/mol. The molecule has 2 N–H and O–H groups in total. The Morgan fingerprint density at radius 2 is 1.69 bits per heavy atom. The fourth-order valence-electron chi connectivity index (χ4n) is 5.53. The SMILES string of the molecule is COCCN1C[C@H](C(=O)c2ccc(CO)cc2)C(c2cccc(F)c2C)[C@@H](c2ccccc2CO)C1. The molecule has 5 nitrogen and oxygen atoms in total. The normalized spacial score (nSPS) is 20.4. The molecule has 0 aliphatic carbocycles. The first-order valence-corrected chi connectivity index (χ1v) is 12.4. The van der Waals surface area contributed by atoms with Crippen molar-refractivity contribution in [2.75, 3.05) is 33.4 Å². The van der Waals surface area contributed by atoms with Gasteiger partial charge < -0.3 is 14.9 Å². The number of piperidine rings is 1. The average molecular weight is 492 g/mol. The van der Waals surface area contributed by atoms with Gasteiger partial charge in [-0.2, -0.15) is 0 Å². The summed E-state index contributed by atoms with van der Waals surface area (Å²) in [7, 11) is 1.66. The Balaban J connectivity index is 1.86. The summed E-state index contributed by atoms with van der Waals surface area (Å²) in [6.45, 7) is 3.94. The Morgan fingerprint density at radius 1 is 0.972 bits per heavy atom. The molecule has 3 aromatic rings. The van der Waals surface area contributed by atoms with E-state index in [9.17, 15) is 19.4 Å². The molecule has 1 unspecified atom stereocenters. The molecule has 1 aliphatic heterocycles. The van der Waals surface area contributed by atoms with Gasteiger partial charge in [-0.05, 0) is 40.8 Å². The molecule has 36 heavy (non-hydrogen) atoms. The highest BCUT2D eigenvalue weighted by Gasteiger charge is 2.43. The molecule has 0 spiro atoms. The summed E-state index contributed by atoms with van der Waals surface area (Å²) < 4.78 is 20.2. The van der Waals surface area contributed by atoms with E-state index in [2.05, 4.69) is 4.90 Å². The number of halogens is 1. The quantitative estimate of drug-likeness (QED) is 0.433. The van der Waals surface area contributed by atoms with Crippen LogP contribution in [-0.2, 0) is 18.0 Å². The Hall–Kier alpha value is -2.90. The summed E-state index contributed by atoms with van der Waals surface area (Å²) in [4.78, 5) is 16.3. The molecule has 4 rings (SSSR count). The number of Topliss-reactive ketones (excluding diaryl/α,β-unsaturated/α-hetero) is 1. The summed E-state index contributed by atoms with van der Waals surface area (Å²) in [5, 5.41) is 19.6. The lowest BCUT2D eigenvalue weighted by atomic mass is 9.67. The van der Waals surface area contributed by atoms with E-state index in [4.69, 9.17) is 4.74 Å². The first kappa shape index (κ1) is 26.2. The Kier molecular flexibility index (Phi) is 8.64. The standard InChI is InChI=1S/C30H34FNO4/c1-20-24(8-5-9-28(20)31)29-26(25-7-4-3-6-23(25)19-34)16-32(14-15-36-2)17-27(29)30(35)22-12-10-21(18-33)11-13-22/h3-13,26-27,29,33-34H,14-19H2,1-2H3/t26-,27+,29?/m1/s1. The van der Waals surface area contributed by atoms with E-state index in [1.807, 2.05) is 30.3 Å². The number of aliphatic hydroxyl groups excluding tert-OH is 2. The molecule has 1 fully saturated rings. The van der Waals surface area contributed by atoms with Crippen molar-refractivity contribution in [3.05, 3.63) is 106 Å². The van der Waals surface area contributed by atoms with Crippen LogP contribution in [0.15, 0.2) is 66.7 Å². The zero-order valence-electron chi connectivity index (χ0n) is 20.9. The molecule has 0 radical (unpaired) electrons. The average Bonchev–Trinajstić information content (AvgIpc) is 2.92. The van der Waals surface area contributed by atoms with Gasteiger partial charge in [0.15, 0.2) is 5.78 Å². The molecule has 0 bridgehead atoms. The Labute approximate surface area is 212 Å². The van der Waals surface area contributed by atoms with Crippen LogP contribution >= 0.6 is 0 Å². The molecule has 1 aliphatic rings. The molecule has 3 aromatic carbocycles. The summed E-state index contributed by atoms with van der Waals surface area (Å²) in [6.07, 6.45) is 0. The number of hydrogen-bond acceptors (Lipinski definition) is 5. The van der Waals surface area contributed by atoms with Gasteiger partial charge in [-0.25, -0.2) is 4.39 Å². The number of carbonyl (C=O) groups is 1. The number of methoxy groups -OCH3 is 1. The van der Waals surface area contributed by atoms with Crippen molar-refractivity contribution in [2.24, 2.45) is 5.92 Å². The molecule has 0 aromatic heterocycles. The summed E-state index contributed by atoms with van der Waals surface area (Å²) in [5.74, 6) is -1.15.